The molecule has 3 aromatic carbocycles. The van der Waals surface area contributed by atoms with Gasteiger partial charge in [0.15, 0.2) is 16.7 Å². The van der Waals surface area contributed by atoms with Crippen molar-refractivity contribution in [3.8, 4) is 17.2 Å². The van der Waals surface area contributed by atoms with Gasteiger partial charge in [0.1, 0.15) is 0 Å². The molecule has 36 heavy (non-hydrogen) atoms. The summed E-state index contributed by atoms with van der Waals surface area (Å²) in [7, 11) is 4.71. The number of amidine groups is 1. The summed E-state index contributed by atoms with van der Waals surface area (Å²) >= 11 is 1.36. The number of ether oxygens (including phenoxy) is 3. The summed E-state index contributed by atoms with van der Waals surface area (Å²) in [5.74, 6) is 1.43. The zero-order valence-corrected chi connectivity index (χ0v) is 22.0. The molecule has 0 bridgehead atoms. The summed E-state index contributed by atoms with van der Waals surface area (Å²) in [4.78, 5) is 21.1. The number of thioether (sulfide) groups is 1. The van der Waals surface area contributed by atoms with E-state index in [0.29, 0.717) is 27.3 Å². The van der Waals surface area contributed by atoms with Gasteiger partial charge in [0, 0.05) is 0 Å². The number of amides is 1. The number of aryl methyl sites for hydroxylation is 2. The van der Waals surface area contributed by atoms with E-state index in [-0.39, 0.29) is 5.91 Å². The first-order valence-corrected chi connectivity index (χ1v) is 12.6. The Balaban J connectivity index is 1.85. The Morgan fingerprint density at radius 2 is 1.47 bits per heavy atom. The summed E-state index contributed by atoms with van der Waals surface area (Å²) < 4.78 is 16.4. The van der Waals surface area contributed by atoms with Crippen molar-refractivity contribution in [1.29, 1.82) is 0 Å². The van der Waals surface area contributed by atoms with E-state index in [2.05, 4.69) is 19.9 Å². The molecular formula is C29H30N2O4S. The second-order valence-corrected chi connectivity index (χ2v) is 9.08. The van der Waals surface area contributed by atoms with Gasteiger partial charge in [0.25, 0.3) is 5.91 Å². The summed E-state index contributed by atoms with van der Waals surface area (Å²) in [6.07, 6.45) is 3.49. The number of carbonyl (C=O) groups excluding carboxylic acids is 1. The lowest BCUT2D eigenvalue weighted by Crippen LogP contribution is -2.29. The first-order valence-electron chi connectivity index (χ1n) is 11.8. The molecule has 1 saturated heterocycles. The summed E-state index contributed by atoms with van der Waals surface area (Å²) in [6.45, 7) is 4.19. The van der Waals surface area contributed by atoms with Gasteiger partial charge in [0.05, 0.1) is 37.6 Å². The SMILES string of the molecule is CCc1ccccc1N=C1S/C(=C\c2cc(OC)c(OC)c(OC)c2)C(=O)N1c1ccccc1CC. The second-order valence-electron chi connectivity index (χ2n) is 8.07. The fourth-order valence-corrected chi connectivity index (χ4v) is 5.13. The van der Waals surface area contributed by atoms with Gasteiger partial charge in [-0.2, -0.15) is 0 Å². The summed E-state index contributed by atoms with van der Waals surface area (Å²) in [5, 5.41) is 0.625. The lowest BCUT2D eigenvalue weighted by Gasteiger charge is -2.19. The van der Waals surface area contributed by atoms with Gasteiger partial charge in [-0.15, -0.1) is 0 Å². The molecule has 0 spiro atoms. The number of carbonyl (C=O) groups is 1. The maximum atomic E-state index is 13.8. The monoisotopic (exact) mass is 502 g/mol. The van der Waals surface area contributed by atoms with Crippen LogP contribution < -0.4 is 19.1 Å². The zero-order chi connectivity index (χ0) is 25.7. The van der Waals surface area contributed by atoms with Crippen molar-refractivity contribution in [2.75, 3.05) is 26.2 Å². The number of hydrogen-bond acceptors (Lipinski definition) is 6. The molecule has 0 atom stereocenters. The minimum atomic E-state index is -0.123. The normalized spacial score (nSPS) is 15.6. The zero-order valence-electron chi connectivity index (χ0n) is 21.2. The Kier molecular flexibility index (Phi) is 8.00. The van der Waals surface area contributed by atoms with E-state index in [1.54, 1.807) is 26.2 Å². The van der Waals surface area contributed by atoms with Crippen LogP contribution in [0.3, 0.4) is 0 Å². The third-order valence-electron chi connectivity index (χ3n) is 5.99. The number of aliphatic imine (C=N–C) groups is 1. The van der Waals surface area contributed by atoms with Crippen molar-refractivity contribution in [3.63, 3.8) is 0 Å². The van der Waals surface area contributed by atoms with Gasteiger partial charge in [-0.05, 0) is 71.6 Å². The first-order chi connectivity index (χ1) is 17.5. The average molecular weight is 503 g/mol. The smallest absolute Gasteiger partial charge is 0.271 e. The predicted octanol–water partition coefficient (Wildman–Crippen LogP) is 6.65. The highest BCUT2D eigenvalue weighted by atomic mass is 32.2. The molecule has 7 heteroatoms. The van der Waals surface area contributed by atoms with Crippen LogP contribution in [0.2, 0.25) is 0 Å². The highest BCUT2D eigenvalue weighted by molar-refractivity contribution is 8.19. The van der Waals surface area contributed by atoms with E-state index in [4.69, 9.17) is 19.2 Å². The number of methoxy groups -OCH3 is 3. The molecule has 1 aliphatic heterocycles. The Labute approximate surface area is 216 Å². The highest BCUT2D eigenvalue weighted by Gasteiger charge is 2.36. The maximum Gasteiger partial charge on any atom is 0.271 e. The molecule has 1 heterocycles. The minimum absolute atomic E-state index is 0.123. The van der Waals surface area contributed by atoms with E-state index in [0.717, 1.165) is 40.9 Å². The number of rotatable bonds is 8. The Hall–Kier alpha value is -3.71. The predicted molar refractivity (Wildman–Crippen MR) is 148 cm³/mol. The average Bonchev–Trinajstić information content (AvgIpc) is 3.21. The van der Waals surface area contributed by atoms with Crippen molar-refractivity contribution in [3.05, 3.63) is 82.3 Å². The third kappa shape index (κ3) is 4.97. The molecule has 0 aromatic heterocycles. The molecule has 1 aliphatic rings. The van der Waals surface area contributed by atoms with Gasteiger partial charge >= 0.3 is 0 Å². The van der Waals surface area contributed by atoms with Crippen molar-refractivity contribution < 1.29 is 19.0 Å². The largest absolute Gasteiger partial charge is 0.493 e. The van der Waals surface area contributed by atoms with E-state index < -0.39 is 0 Å². The van der Waals surface area contributed by atoms with Crippen LogP contribution in [-0.4, -0.2) is 32.4 Å². The third-order valence-corrected chi connectivity index (χ3v) is 6.96. The van der Waals surface area contributed by atoms with E-state index >= 15 is 0 Å². The molecular weight excluding hydrogens is 472 g/mol. The number of para-hydroxylation sites is 2. The van der Waals surface area contributed by atoms with Crippen molar-refractivity contribution in [2.24, 2.45) is 4.99 Å². The lowest BCUT2D eigenvalue weighted by molar-refractivity contribution is -0.113. The van der Waals surface area contributed by atoms with Crippen LogP contribution in [0.15, 0.2) is 70.6 Å². The standard InChI is InChI=1S/C29H30N2O4S/c1-6-20-12-8-10-14-22(20)30-29-31(23-15-11-9-13-21(23)7-2)28(32)26(36-29)18-19-16-24(33-3)27(35-5)25(17-19)34-4/h8-18H,6-7H2,1-5H3/b26-18-,30-29?. The van der Waals surface area contributed by atoms with Gasteiger partial charge in [-0.3, -0.25) is 9.69 Å². The number of anilines is 1. The topological polar surface area (TPSA) is 60.4 Å². The van der Waals surface area contributed by atoms with Gasteiger partial charge in [0.2, 0.25) is 5.75 Å². The van der Waals surface area contributed by atoms with Crippen LogP contribution in [0.1, 0.15) is 30.5 Å². The molecule has 186 valence electrons. The molecule has 6 nitrogen and oxygen atoms in total. The first kappa shape index (κ1) is 25.4. The molecule has 3 aromatic rings. The second kappa shape index (κ2) is 11.4. The number of hydrogen-bond donors (Lipinski definition) is 0. The quantitative estimate of drug-likeness (QED) is 0.323. The number of benzene rings is 3. The molecule has 1 fully saturated rings. The van der Waals surface area contributed by atoms with Gasteiger partial charge in [-0.25, -0.2) is 4.99 Å². The lowest BCUT2D eigenvalue weighted by atomic mass is 10.1. The fraction of sp³-hybridized carbons (Fsp3) is 0.241. The maximum absolute atomic E-state index is 13.8. The van der Waals surface area contributed by atoms with E-state index in [1.165, 1.54) is 11.8 Å². The molecule has 1 amide bonds. The van der Waals surface area contributed by atoms with Crippen LogP contribution >= 0.6 is 11.8 Å². The van der Waals surface area contributed by atoms with Crippen LogP contribution in [-0.2, 0) is 17.6 Å². The van der Waals surface area contributed by atoms with Gasteiger partial charge in [-0.1, -0.05) is 50.2 Å². The van der Waals surface area contributed by atoms with Crippen molar-refractivity contribution in [2.45, 2.75) is 26.7 Å². The van der Waals surface area contributed by atoms with Crippen LogP contribution in [0.4, 0.5) is 11.4 Å². The van der Waals surface area contributed by atoms with Crippen LogP contribution in [0, 0.1) is 0 Å². The molecule has 0 saturated carbocycles. The molecule has 0 aliphatic carbocycles. The Morgan fingerprint density at radius 3 is 2.08 bits per heavy atom. The van der Waals surface area contributed by atoms with E-state index in [9.17, 15) is 4.79 Å². The van der Waals surface area contributed by atoms with Gasteiger partial charge < -0.3 is 14.2 Å². The minimum Gasteiger partial charge on any atom is -0.493 e. The molecule has 4 rings (SSSR count). The number of nitrogens with zero attached hydrogens (tertiary/aromatic N) is 2. The summed E-state index contributed by atoms with van der Waals surface area (Å²) in [6, 6.07) is 19.7. The van der Waals surface area contributed by atoms with E-state index in [1.807, 2.05) is 60.7 Å². The Bertz CT molecular complexity index is 1310. The molecule has 0 N–H and O–H groups in total. The fourth-order valence-electron chi connectivity index (χ4n) is 4.15. The highest BCUT2D eigenvalue weighted by Crippen LogP contribution is 2.42. The van der Waals surface area contributed by atoms with Crippen LogP contribution in [0.25, 0.3) is 6.08 Å². The van der Waals surface area contributed by atoms with Crippen molar-refractivity contribution >= 4 is 40.3 Å². The summed E-state index contributed by atoms with van der Waals surface area (Å²) in [5.41, 5.74) is 4.68. The molecule has 0 radical (unpaired) electrons. The van der Waals surface area contributed by atoms with Crippen LogP contribution in [0.5, 0.6) is 17.2 Å². The Morgan fingerprint density at radius 1 is 0.861 bits per heavy atom. The van der Waals surface area contributed by atoms with Crippen molar-refractivity contribution in [1.82, 2.24) is 0 Å². The molecule has 0 unspecified atom stereocenters.